The summed E-state index contributed by atoms with van der Waals surface area (Å²) in [5, 5.41) is 9.59. The van der Waals surface area contributed by atoms with Crippen LogP contribution in [0.1, 0.15) is 20.1 Å². The average Bonchev–Trinajstić information content (AvgIpc) is 3.30. The van der Waals surface area contributed by atoms with Crippen LogP contribution in [0.25, 0.3) is 11.6 Å². The van der Waals surface area contributed by atoms with E-state index in [2.05, 4.69) is 67.1 Å². The second kappa shape index (κ2) is 10.1. The summed E-state index contributed by atoms with van der Waals surface area (Å²) in [5.41, 5.74) is 4.53. The van der Waals surface area contributed by atoms with Crippen LogP contribution in [0.3, 0.4) is 0 Å². The number of halogens is 2. The van der Waals surface area contributed by atoms with Crippen molar-refractivity contribution in [3.63, 3.8) is 0 Å². The molecule has 0 saturated carbocycles. The van der Waals surface area contributed by atoms with Gasteiger partial charge in [-0.2, -0.15) is 5.26 Å². The molecule has 0 unspecified atom stereocenters. The van der Waals surface area contributed by atoms with E-state index in [9.17, 15) is 10.1 Å². The first kappa shape index (κ1) is 22.2. The van der Waals surface area contributed by atoms with Gasteiger partial charge in [-0.15, -0.1) is 11.3 Å². The number of nitrogens with zero attached hydrogens (tertiary/aromatic N) is 2. The van der Waals surface area contributed by atoms with Gasteiger partial charge in [-0.05, 0) is 84.4 Å². The molecule has 0 fully saturated rings. The molecule has 4 aromatic rings. The zero-order valence-corrected chi connectivity index (χ0v) is 20.7. The Morgan fingerprint density at radius 3 is 1.72 bits per heavy atom. The molecule has 0 aliphatic rings. The lowest BCUT2D eigenvalue weighted by atomic mass is 10.1. The molecule has 0 aliphatic heterocycles. The van der Waals surface area contributed by atoms with Gasteiger partial charge in [-0.1, -0.05) is 44.0 Å². The maximum absolute atomic E-state index is 11.0. The van der Waals surface area contributed by atoms with Crippen LogP contribution >= 0.6 is 43.2 Å². The lowest BCUT2D eigenvalue weighted by Gasteiger charge is -2.25. The Labute approximate surface area is 207 Å². The van der Waals surface area contributed by atoms with Crippen molar-refractivity contribution >= 4 is 78.2 Å². The average molecular weight is 564 g/mol. The number of hydrogen-bond donors (Lipinski definition) is 0. The highest BCUT2D eigenvalue weighted by Crippen LogP contribution is 2.36. The van der Waals surface area contributed by atoms with Gasteiger partial charge in [0.25, 0.3) is 0 Å². The summed E-state index contributed by atoms with van der Waals surface area (Å²) >= 11 is 8.33. The van der Waals surface area contributed by atoms with Crippen LogP contribution in [0.15, 0.2) is 93.9 Å². The van der Waals surface area contributed by atoms with Gasteiger partial charge < -0.3 is 4.90 Å². The lowest BCUT2D eigenvalue weighted by Crippen LogP contribution is -2.09. The topological polar surface area (TPSA) is 44.1 Å². The van der Waals surface area contributed by atoms with Gasteiger partial charge in [0, 0.05) is 30.9 Å². The number of anilines is 3. The Balaban J connectivity index is 1.70. The molecular weight excluding hydrogens is 548 g/mol. The van der Waals surface area contributed by atoms with E-state index in [1.165, 1.54) is 11.3 Å². The van der Waals surface area contributed by atoms with Crippen molar-refractivity contribution in [2.75, 3.05) is 4.90 Å². The van der Waals surface area contributed by atoms with E-state index in [1.807, 2.05) is 54.6 Å². The van der Waals surface area contributed by atoms with Gasteiger partial charge in [0.15, 0.2) is 6.29 Å². The Morgan fingerprint density at radius 1 is 0.781 bits per heavy atom. The van der Waals surface area contributed by atoms with Crippen LogP contribution in [0.5, 0.6) is 0 Å². The summed E-state index contributed by atoms with van der Waals surface area (Å²) in [6.07, 6.45) is 2.64. The fourth-order valence-electron chi connectivity index (χ4n) is 3.23. The highest BCUT2D eigenvalue weighted by molar-refractivity contribution is 9.10. The molecule has 1 aromatic heterocycles. The summed E-state index contributed by atoms with van der Waals surface area (Å²) in [4.78, 5) is 14.5. The summed E-state index contributed by atoms with van der Waals surface area (Å²) in [6.45, 7) is 0. The minimum atomic E-state index is 0.536. The van der Waals surface area contributed by atoms with Gasteiger partial charge in [0.05, 0.1) is 10.5 Å². The molecule has 0 aliphatic carbocycles. The van der Waals surface area contributed by atoms with Crippen molar-refractivity contribution in [2.45, 2.75) is 0 Å². The minimum absolute atomic E-state index is 0.536. The molecule has 0 spiro atoms. The predicted octanol–water partition coefficient (Wildman–Crippen LogP) is 8.62. The first-order chi connectivity index (χ1) is 15.6. The Bertz CT molecular complexity index is 1260. The third-order valence-corrected chi connectivity index (χ3v) is 6.86. The molecular formula is C26H16Br2N2OS. The smallest absolute Gasteiger partial charge is 0.160 e. The van der Waals surface area contributed by atoms with Crippen LogP contribution in [0.2, 0.25) is 0 Å². The largest absolute Gasteiger partial charge is 0.311 e. The third-order valence-electron chi connectivity index (χ3n) is 4.76. The Kier molecular flexibility index (Phi) is 7.01. The zero-order chi connectivity index (χ0) is 22.5. The molecule has 3 nitrogen and oxygen atoms in total. The number of carbonyl (C=O) groups excluding carboxylic acids is 1. The second-order valence-corrected chi connectivity index (χ2v) is 9.82. The summed E-state index contributed by atoms with van der Waals surface area (Å²) in [6, 6.07) is 30.2. The predicted molar refractivity (Wildman–Crippen MR) is 140 cm³/mol. The maximum atomic E-state index is 11.0. The van der Waals surface area contributed by atoms with Crippen LogP contribution in [0.4, 0.5) is 17.1 Å². The number of allylic oxidation sites excluding steroid dienone is 1. The quantitative estimate of drug-likeness (QED) is 0.174. The van der Waals surface area contributed by atoms with E-state index in [1.54, 1.807) is 12.1 Å². The highest BCUT2D eigenvalue weighted by Gasteiger charge is 2.13. The lowest BCUT2D eigenvalue weighted by molar-refractivity contribution is 0.112. The molecule has 0 radical (unpaired) electrons. The zero-order valence-electron chi connectivity index (χ0n) is 16.7. The second-order valence-electron chi connectivity index (χ2n) is 6.87. The van der Waals surface area contributed by atoms with E-state index in [0.29, 0.717) is 10.5 Å². The number of nitriles is 1. The van der Waals surface area contributed by atoms with Gasteiger partial charge >= 0.3 is 0 Å². The summed E-state index contributed by atoms with van der Waals surface area (Å²) in [5.74, 6) is 0. The van der Waals surface area contributed by atoms with Gasteiger partial charge in [-0.25, -0.2) is 0 Å². The first-order valence-electron chi connectivity index (χ1n) is 9.66. The van der Waals surface area contributed by atoms with Crippen molar-refractivity contribution in [1.82, 2.24) is 0 Å². The summed E-state index contributed by atoms with van der Waals surface area (Å²) < 4.78 is 2.04. The van der Waals surface area contributed by atoms with Crippen molar-refractivity contribution in [3.8, 4) is 6.07 Å². The van der Waals surface area contributed by atoms with E-state index < -0.39 is 0 Å². The fraction of sp³-hybridized carbons (Fsp3) is 0. The van der Waals surface area contributed by atoms with Crippen molar-refractivity contribution < 1.29 is 4.79 Å². The molecule has 4 rings (SSSR count). The van der Waals surface area contributed by atoms with E-state index in [4.69, 9.17) is 0 Å². The van der Waals surface area contributed by atoms with E-state index >= 15 is 0 Å². The number of carbonyl (C=O) groups is 1. The first-order valence-corrected chi connectivity index (χ1v) is 12.1. The molecule has 1 heterocycles. The number of benzene rings is 3. The molecule has 156 valence electrons. The number of hydrogen-bond acceptors (Lipinski definition) is 4. The molecule has 0 bridgehead atoms. The number of thiophene rings is 1. The molecule has 32 heavy (non-hydrogen) atoms. The van der Waals surface area contributed by atoms with Gasteiger partial charge in [-0.3, -0.25) is 4.79 Å². The molecule has 0 N–H and O–H groups in total. The van der Waals surface area contributed by atoms with Crippen molar-refractivity contribution in [2.24, 2.45) is 0 Å². The van der Waals surface area contributed by atoms with Crippen molar-refractivity contribution in [3.05, 3.63) is 109 Å². The van der Waals surface area contributed by atoms with Crippen LogP contribution < -0.4 is 4.90 Å². The van der Waals surface area contributed by atoms with Gasteiger partial charge in [0.2, 0.25) is 0 Å². The number of aldehydes is 1. The maximum Gasteiger partial charge on any atom is 0.160 e. The highest BCUT2D eigenvalue weighted by atomic mass is 79.9. The standard InChI is InChI=1S/C26H16Br2N2OS/c27-20-3-9-23(10-4-20)30(24-11-5-21(28)6-12-24)22-7-1-18(2-8-22)15-19(16-29)26-14-13-25(17-31)32-26/h1-15,17H/b19-15+. The Morgan fingerprint density at radius 2 is 1.28 bits per heavy atom. The van der Waals surface area contributed by atoms with Crippen LogP contribution in [0, 0.1) is 11.3 Å². The molecule has 0 atom stereocenters. The molecule has 0 amide bonds. The third kappa shape index (κ3) is 5.08. The molecule has 0 saturated heterocycles. The van der Waals surface area contributed by atoms with Crippen LogP contribution in [-0.2, 0) is 0 Å². The van der Waals surface area contributed by atoms with E-state index in [0.717, 1.165) is 42.7 Å². The number of rotatable bonds is 6. The normalized spacial score (nSPS) is 11.1. The summed E-state index contributed by atoms with van der Waals surface area (Å²) in [7, 11) is 0. The molecule has 6 heteroatoms. The van der Waals surface area contributed by atoms with Gasteiger partial charge in [0.1, 0.15) is 6.07 Å². The SMILES string of the molecule is N#C/C(=C\c1ccc(N(c2ccc(Br)cc2)c2ccc(Br)cc2)cc1)c1ccc(C=O)s1. The fourth-order valence-corrected chi connectivity index (χ4v) is 4.55. The van der Waals surface area contributed by atoms with E-state index in [-0.39, 0.29) is 0 Å². The Hall–Kier alpha value is -2.98. The monoisotopic (exact) mass is 562 g/mol. The minimum Gasteiger partial charge on any atom is -0.311 e. The van der Waals surface area contributed by atoms with Crippen LogP contribution in [-0.4, -0.2) is 6.29 Å². The molecule has 3 aromatic carbocycles. The van der Waals surface area contributed by atoms with Crippen molar-refractivity contribution in [1.29, 1.82) is 5.26 Å².